The van der Waals surface area contributed by atoms with Gasteiger partial charge in [0, 0.05) is 30.1 Å². The van der Waals surface area contributed by atoms with E-state index in [1.165, 1.54) is 17.8 Å². The Labute approximate surface area is 168 Å². The zero-order chi connectivity index (χ0) is 20.1. The predicted octanol–water partition coefficient (Wildman–Crippen LogP) is 5.48. The van der Waals surface area contributed by atoms with E-state index in [-0.39, 0.29) is 5.41 Å². The van der Waals surface area contributed by atoms with Crippen molar-refractivity contribution in [1.82, 2.24) is 14.6 Å². The number of piperidine rings is 1. The summed E-state index contributed by atoms with van der Waals surface area (Å²) in [6, 6.07) is 12.8. The number of benzene rings is 1. The molecule has 0 bridgehead atoms. The second-order valence-corrected chi connectivity index (χ2v) is 9.66. The van der Waals surface area contributed by atoms with E-state index in [1.54, 1.807) is 0 Å². The summed E-state index contributed by atoms with van der Waals surface area (Å²) < 4.78 is 2.08. The monoisotopic (exact) mass is 376 g/mol. The molecule has 0 saturated carbocycles. The summed E-state index contributed by atoms with van der Waals surface area (Å²) in [5.41, 5.74) is 5.43. The van der Waals surface area contributed by atoms with Crippen LogP contribution in [0.15, 0.2) is 36.4 Å². The summed E-state index contributed by atoms with van der Waals surface area (Å²) in [7, 11) is 0. The molecule has 3 aromatic rings. The molecule has 148 valence electrons. The van der Waals surface area contributed by atoms with Crippen molar-refractivity contribution in [1.29, 1.82) is 0 Å². The minimum absolute atomic E-state index is 0.0182. The average molecular weight is 377 g/mol. The van der Waals surface area contributed by atoms with Crippen LogP contribution in [0.2, 0.25) is 0 Å². The van der Waals surface area contributed by atoms with Crippen molar-refractivity contribution in [2.24, 2.45) is 11.8 Å². The van der Waals surface area contributed by atoms with Gasteiger partial charge in [0.2, 0.25) is 0 Å². The van der Waals surface area contributed by atoms with E-state index in [4.69, 9.17) is 10.1 Å². The van der Waals surface area contributed by atoms with E-state index in [1.807, 2.05) is 0 Å². The summed E-state index contributed by atoms with van der Waals surface area (Å²) in [6.07, 6.45) is 1.30. The van der Waals surface area contributed by atoms with Gasteiger partial charge in [0.05, 0.1) is 11.4 Å². The van der Waals surface area contributed by atoms with Crippen LogP contribution in [0, 0.1) is 18.8 Å². The normalized spacial score (nSPS) is 20.7. The third-order valence-corrected chi connectivity index (χ3v) is 5.77. The number of fused-ring (bicyclic) bond motifs is 1. The highest BCUT2D eigenvalue weighted by atomic mass is 15.4. The third kappa shape index (κ3) is 3.41. The Balaban J connectivity index is 1.97. The van der Waals surface area contributed by atoms with Gasteiger partial charge in [-0.1, -0.05) is 65.0 Å². The SMILES string of the molecule is Cc1nn2c(N3C[C@H](C)C[C@H](C)C3)cc(C(C)(C)C)nc2c1-c1ccccc1. The van der Waals surface area contributed by atoms with Gasteiger partial charge >= 0.3 is 0 Å². The molecular weight excluding hydrogens is 344 g/mol. The minimum Gasteiger partial charge on any atom is -0.356 e. The maximum absolute atomic E-state index is 5.11. The number of anilines is 1. The summed E-state index contributed by atoms with van der Waals surface area (Å²) >= 11 is 0. The fraction of sp³-hybridized carbons (Fsp3) is 0.500. The average Bonchev–Trinajstić information content (AvgIpc) is 2.95. The zero-order valence-corrected chi connectivity index (χ0v) is 18.0. The number of nitrogens with zero attached hydrogens (tertiary/aromatic N) is 4. The first kappa shape index (κ1) is 19.0. The molecule has 0 radical (unpaired) electrons. The highest BCUT2D eigenvalue weighted by Crippen LogP contribution is 2.34. The van der Waals surface area contributed by atoms with Crippen LogP contribution in [0.5, 0.6) is 0 Å². The molecule has 0 amide bonds. The summed E-state index contributed by atoms with van der Waals surface area (Å²) in [4.78, 5) is 7.63. The number of hydrogen-bond donors (Lipinski definition) is 0. The van der Waals surface area contributed by atoms with Gasteiger partial charge in [-0.05, 0) is 30.7 Å². The van der Waals surface area contributed by atoms with Crippen LogP contribution in [-0.4, -0.2) is 27.7 Å². The predicted molar refractivity (Wildman–Crippen MR) is 117 cm³/mol. The van der Waals surface area contributed by atoms with Gasteiger partial charge in [-0.2, -0.15) is 9.61 Å². The van der Waals surface area contributed by atoms with E-state index in [9.17, 15) is 0 Å². The second-order valence-electron chi connectivity index (χ2n) is 9.66. The van der Waals surface area contributed by atoms with E-state index in [2.05, 4.69) is 87.4 Å². The van der Waals surface area contributed by atoms with Gasteiger partial charge in [0.1, 0.15) is 5.82 Å². The van der Waals surface area contributed by atoms with Crippen molar-refractivity contribution < 1.29 is 0 Å². The van der Waals surface area contributed by atoms with Crippen molar-refractivity contribution in [3.8, 4) is 11.1 Å². The lowest BCUT2D eigenvalue weighted by atomic mass is 9.90. The Kier molecular flexibility index (Phi) is 4.68. The Morgan fingerprint density at radius 3 is 2.25 bits per heavy atom. The molecule has 1 aliphatic rings. The van der Waals surface area contributed by atoms with Crippen LogP contribution >= 0.6 is 0 Å². The molecule has 1 saturated heterocycles. The molecule has 0 aliphatic carbocycles. The van der Waals surface area contributed by atoms with E-state index >= 15 is 0 Å². The Bertz CT molecular complexity index is 971. The largest absolute Gasteiger partial charge is 0.356 e. The minimum atomic E-state index is -0.0182. The molecule has 4 heteroatoms. The summed E-state index contributed by atoms with van der Waals surface area (Å²) in [5.74, 6) is 2.56. The van der Waals surface area contributed by atoms with Crippen molar-refractivity contribution >= 4 is 11.5 Å². The lowest BCUT2D eigenvalue weighted by Gasteiger charge is -2.37. The van der Waals surface area contributed by atoms with Crippen LogP contribution in [0.4, 0.5) is 5.82 Å². The summed E-state index contributed by atoms with van der Waals surface area (Å²) in [5, 5.41) is 4.95. The Morgan fingerprint density at radius 2 is 1.64 bits per heavy atom. The second kappa shape index (κ2) is 6.91. The standard InChI is InChI=1S/C24H32N4/c1-16-12-17(2)15-27(14-16)21-13-20(24(4,5)6)25-23-22(18(3)26-28(21)23)19-10-8-7-9-11-19/h7-11,13,16-17H,12,14-15H2,1-6H3/t16-,17+. The third-order valence-electron chi connectivity index (χ3n) is 5.77. The van der Waals surface area contributed by atoms with Gasteiger partial charge in [0.25, 0.3) is 0 Å². The first-order valence-corrected chi connectivity index (χ1v) is 10.4. The topological polar surface area (TPSA) is 33.4 Å². The molecule has 1 aromatic carbocycles. The number of aryl methyl sites for hydroxylation is 1. The van der Waals surface area contributed by atoms with Crippen LogP contribution in [-0.2, 0) is 5.41 Å². The van der Waals surface area contributed by atoms with Gasteiger partial charge in [0.15, 0.2) is 5.65 Å². The van der Waals surface area contributed by atoms with Gasteiger partial charge in [-0.3, -0.25) is 0 Å². The Morgan fingerprint density at radius 1 is 1.00 bits per heavy atom. The van der Waals surface area contributed by atoms with E-state index in [0.29, 0.717) is 11.8 Å². The molecule has 0 N–H and O–H groups in total. The molecule has 1 fully saturated rings. The van der Waals surface area contributed by atoms with Crippen molar-refractivity contribution in [2.45, 2.75) is 53.4 Å². The fourth-order valence-corrected chi connectivity index (χ4v) is 4.51. The first-order valence-electron chi connectivity index (χ1n) is 10.4. The van der Waals surface area contributed by atoms with Gasteiger partial charge < -0.3 is 4.90 Å². The van der Waals surface area contributed by atoms with Crippen molar-refractivity contribution in [3.63, 3.8) is 0 Å². The molecule has 0 spiro atoms. The van der Waals surface area contributed by atoms with E-state index < -0.39 is 0 Å². The van der Waals surface area contributed by atoms with Crippen molar-refractivity contribution in [2.75, 3.05) is 18.0 Å². The van der Waals surface area contributed by atoms with Crippen LogP contribution in [0.1, 0.15) is 52.4 Å². The van der Waals surface area contributed by atoms with Gasteiger partial charge in [-0.15, -0.1) is 0 Å². The molecule has 4 rings (SSSR count). The lowest BCUT2D eigenvalue weighted by Crippen LogP contribution is -2.40. The fourth-order valence-electron chi connectivity index (χ4n) is 4.51. The highest BCUT2D eigenvalue weighted by molar-refractivity contribution is 5.81. The van der Waals surface area contributed by atoms with Gasteiger partial charge in [-0.25, -0.2) is 4.98 Å². The molecule has 2 atom stereocenters. The quantitative estimate of drug-likeness (QED) is 0.593. The first-order chi connectivity index (χ1) is 13.2. The van der Waals surface area contributed by atoms with Crippen LogP contribution < -0.4 is 4.90 Å². The maximum atomic E-state index is 5.11. The maximum Gasteiger partial charge on any atom is 0.165 e. The lowest BCUT2D eigenvalue weighted by molar-refractivity contribution is 0.354. The molecule has 1 aliphatic heterocycles. The number of rotatable bonds is 2. The Hall–Kier alpha value is -2.36. The zero-order valence-electron chi connectivity index (χ0n) is 18.0. The number of aromatic nitrogens is 3. The molecule has 0 unspecified atom stereocenters. The van der Waals surface area contributed by atoms with E-state index in [0.717, 1.165) is 35.7 Å². The molecule has 28 heavy (non-hydrogen) atoms. The smallest absolute Gasteiger partial charge is 0.165 e. The van der Waals surface area contributed by atoms with Crippen LogP contribution in [0.25, 0.3) is 16.8 Å². The van der Waals surface area contributed by atoms with Crippen LogP contribution in [0.3, 0.4) is 0 Å². The number of hydrogen-bond acceptors (Lipinski definition) is 3. The molecule has 2 aromatic heterocycles. The highest BCUT2D eigenvalue weighted by Gasteiger charge is 2.28. The molecule has 4 nitrogen and oxygen atoms in total. The molecular formula is C24H32N4. The van der Waals surface area contributed by atoms with Crippen molar-refractivity contribution in [3.05, 3.63) is 47.8 Å². The summed E-state index contributed by atoms with van der Waals surface area (Å²) in [6.45, 7) is 15.7. The molecule has 3 heterocycles.